The fourth-order valence-corrected chi connectivity index (χ4v) is 4.34. The number of anilines is 1. The summed E-state index contributed by atoms with van der Waals surface area (Å²) in [5.74, 6) is -3.99. The van der Waals surface area contributed by atoms with Gasteiger partial charge in [-0.3, -0.25) is 19.2 Å². The van der Waals surface area contributed by atoms with E-state index < -0.39 is 47.7 Å². The van der Waals surface area contributed by atoms with Gasteiger partial charge < -0.3 is 14.2 Å². The first kappa shape index (κ1) is 19.3. The number of rotatable bonds is 4. The van der Waals surface area contributed by atoms with Gasteiger partial charge in [0.2, 0.25) is 11.8 Å². The molecule has 3 aliphatic rings. The molecule has 4 atom stereocenters. The number of fused-ring (bicyclic) bond motifs is 5. The van der Waals surface area contributed by atoms with Crippen molar-refractivity contribution in [3.63, 3.8) is 0 Å². The zero-order chi connectivity index (χ0) is 21.1. The monoisotopic (exact) mass is 399 g/mol. The number of imide groups is 1. The molecule has 0 aromatic heterocycles. The van der Waals surface area contributed by atoms with E-state index in [-0.39, 0.29) is 5.91 Å². The molecule has 3 heterocycles. The molecule has 0 N–H and O–H groups in total. The summed E-state index contributed by atoms with van der Waals surface area (Å²) >= 11 is 0. The molecule has 0 aliphatic carbocycles. The van der Waals surface area contributed by atoms with Crippen LogP contribution in [-0.2, 0) is 33.4 Å². The maximum atomic E-state index is 13.4. The van der Waals surface area contributed by atoms with Crippen LogP contribution in [-0.4, -0.2) is 41.7 Å². The van der Waals surface area contributed by atoms with Crippen molar-refractivity contribution < 1.29 is 33.4 Å². The Morgan fingerprint density at radius 2 is 1.72 bits per heavy atom. The molecule has 8 nitrogen and oxygen atoms in total. The highest BCUT2D eigenvalue weighted by Crippen LogP contribution is 2.54. The molecule has 0 unspecified atom stereocenters. The van der Waals surface area contributed by atoms with Crippen LogP contribution in [0.1, 0.15) is 25.0 Å². The predicted molar refractivity (Wildman–Crippen MR) is 99.5 cm³/mol. The largest absolute Gasteiger partial charge is 0.422 e. The number of nitrogens with zero attached hydrogens (tertiary/aromatic N) is 1. The Labute approximate surface area is 167 Å². The molecule has 2 fully saturated rings. The number of carbonyl (C=O) groups excluding carboxylic acids is 4. The molecule has 2 bridgehead atoms. The van der Waals surface area contributed by atoms with E-state index in [0.29, 0.717) is 5.69 Å². The van der Waals surface area contributed by atoms with E-state index in [1.165, 1.54) is 13.8 Å². The van der Waals surface area contributed by atoms with Crippen LogP contribution >= 0.6 is 0 Å². The maximum Gasteiger partial charge on any atom is 0.305 e. The number of benzene rings is 1. The van der Waals surface area contributed by atoms with Crippen LogP contribution < -0.4 is 4.90 Å². The Morgan fingerprint density at radius 1 is 1.07 bits per heavy atom. The summed E-state index contributed by atoms with van der Waals surface area (Å²) in [6.07, 6.45) is 1.08. The minimum Gasteiger partial charge on any atom is -0.422 e. The van der Waals surface area contributed by atoms with Gasteiger partial charge in [-0.2, -0.15) is 0 Å². The normalized spacial score (nSPS) is 29.6. The zero-order valence-electron chi connectivity index (χ0n) is 16.5. The van der Waals surface area contributed by atoms with E-state index >= 15 is 0 Å². The molecule has 0 saturated carbocycles. The fourth-order valence-electron chi connectivity index (χ4n) is 4.34. The SMILES string of the molecule is CC(=O)OC(OC(C)=O)[C@@]12C=C[C@@H](O1)[C@@H]1C(=O)N(c3ccc(C)c(C)c3)C(=O)[C@@H]12. The predicted octanol–water partition coefficient (Wildman–Crippen LogP) is 1.57. The lowest BCUT2D eigenvalue weighted by molar-refractivity contribution is -0.226. The second-order valence-corrected chi connectivity index (χ2v) is 7.63. The lowest BCUT2D eigenvalue weighted by Gasteiger charge is -2.34. The quantitative estimate of drug-likeness (QED) is 0.328. The number of hydrogen-bond acceptors (Lipinski definition) is 7. The van der Waals surface area contributed by atoms with Gasteiger partial charge in [0.25, 0.3) is 6.29 Å². The van der Waals surface area contributed by atoms with Crippen LogP contribution in [0.3, 0.4) is 0 Å². The Kier molecular flexibility index (Phi) is 4.34. The summed E-state index contributed by atoms with van der Waals surface area (Å²) in [4.78, 5) is 50.9. The van der Waals surface area contributed by atoms with Crippen LogP contribution in [0, 0.1) is 25.7 Å². The first-order valence-electron chi connectivity index (χ1n) is 9.32. The first-order chi connectivity index (χ1) is 13.7. The van der Waals surface area contributed by atoms with Gasteiger partial charge >= 0.3 is 11.9 Å². The van der Waals surface area contributed by atoms with Gasteiger partial charge in [-0.05, 0) is 43.2 Å². The number of carbonyl (C=O) groups is 4. The second-order valence-electron chi connectivity index (χ2n) is 7.63. The lowest BCUT2D eigenvalue weighted by atomic mass is 9.76. The van der Waals surface area contributed by atoms with Crippen molar-refractivity contribution in [2.75, 3.05) is 4.90 Å². The van der Waals surface area contributed by atoms with E-state index in [0.717, 1.165) is 16.0 Å². The van der Waals surface area contributed by atoms with Crippen LogP contribution in [0.2, 0.25) is 0 Å². The first-order valence-corrected chi connectivity index (χ1v) is 9.32. The summed E-state index contributed by atoms with van der Waals surface area (Å²) < 4.78 is 16.3. The average Bonchev–Trinajstić information content (AvgIpc) is 3.28. The molecule has 29 heavy (non-hydrogen) atoms. The summed E-state index contributed by atoms with van der Waals surface area (Å²) in [7, 11) is 0. The van der Waals surface area contributed by atoms with Crippen LogP contribution in [0.4, 0.5) is 5.69 Å². The highest BCUT2D eigenvalue weighted by Gasteiger charge is 2.72. The minimum absolute atomic E-state index is 0.385. The Morgan fingerprint density at radius 3 is 2.31 bits per heavy atom. The van der Waals surface area contributed by atoms with Gasteiger partial charge in [-0.15, -0.1) is 0 Å². The van der Waals surface area contributed by atoms with E-state index in [1.807, 2.05) is 19.9 Å². The standard InChI is InChI=1S/C21H21NO7/c1-10-5-6-14(9-11(10)2)22-18(25)16-15-7-8-21(29-15,17(16)19(22)26)20(27-12(3)23)28-13(4)24/h5-9,15-17,20H,1-4H3/t15-,16+,17-,21+/m1/s1. The van der Waals surface area contributed by atoms with Gasteiger partial charge in [0, 0.05) is 13.8 Å². The third-order valence-electron chi connectivity index (χ3n) is 5.74. The number of ether oxygens (including phenoxy) is 3. The molecular formula is C21H21NO7. The van der Waals surface area contributed by atoms with Crippen molar-refractivity contribution in [2.24, 2.45) is 11.8 Å². The van der Waals surface area contributed by atoms with Crippen molar-refractivity contribution >= 4 is 29.4 Å². The fraction of sp³-hybridized carbons (Fsp3) is 0.429. The highest BCUT2D eigenvalue weighted by molar-refractivity contribution is 6.23. The van der Waals surface area contributed by atoms with Crippen LogP contribution in [0.15, 0.2) is 30.4 Å². The molecule has 4 rings (SSSR count). The highest BCUT2D eigenvalue weighted by atomic mass is 16.7. The number of amides is 2. The van der Waals surface area contributed by atoms with Crippen molar-refractivity contribution in [3.05, 3.63) is 41.5 Å². The molecule has 152 valence electrons. The molecule has 3 aliphatic heterocycles. The van der Waals surface area contributed by atoms with Gasteiger partial charge in [0.05, 0.1) is 23.6 Å². The van der Waals surface area contributed by atoms with E-state index in [4.69, 9.17) is 14.2 Å². The topological polar surface area (TPSA) is 99.2 Å². The van der Waals surface area contributed by atoms with Crippen LogP contribution in [0.5, 0.6) is 0 Å². The number of aryl methyl sites for hydroxylation is 2. The van der Waals surface area contributed by atoms with Crippen molar-refractivity contribution in [1.82, 2.24) is 0 Å². The molecule has 2 amide bonds. The van der Waals surface area contributed by atoms with Crippen molar-refractivity contribution in [1.29, 1.82) is 0 Å². The van der Waals surface area contributed by atoms with E-state index in [9.17, 15) is 19.2 Å². The third-order valence-corrected chi connectivity index (χ3v) is 5.74. The summed E-state index contributed by atoms with van der Waals surface area (Å²) in [5.41, 5.74) is 0.932. The molecule has 0 spiro atoms. The molecule has 0 radical (unpaired) electrons. The Bertz CT molecular complexity index is 952. The Hall–Kier alpha value is -3.00. The van der Waals surface area contributed by atoms with Gasteiger partial charge in [-0.25, -0.2) is 4.90 Å². The number of esters is 2. The summed E-state index contributed by atoms with van der Waals surface area (Å²) in [6, 6.07) is 5.35. The molecule has 1 aromatic carbocycles. The Balaban J connectivity index is 1.75. The maximum absolute atomic E-state index is 13.4. The van der Waals surface area contributed by atoms with E-state index in [2.05, 4.69) is 0 Å². The zero-order valence-corrected chi connectivity index (χ0v) is 16.5. The van der Waals surface area contributed by atoms with Crippen molar-refractivity contribution in [3.8, 4) is 0 Å². The van der Waals surface area contributed by atoms with Gasteiger partial charge in [0.1, 0.15) is 0 Å². The lowest BCUT2D eigenvalue weighted by Crippen LogP contribution is -2.52. The van der Waals surface area contributed by atoms with Gasteiger partial charge in [0.15, 0.2) is 5.60 Å². The molecular weight excluding hydrogens is 378 g/mol. The second kappa shape index (κ2) is 6.52. The molecule has 2 saturated heterocycles. The third kappa shape index (κ3) is 2.78. The number of hydrogen-bond donors (Lipinski definition) is 0. The smallest absolute Gasteiger partial charge is 0.305 e. The summed E-state index contributed by atoms with van der Waals surface area (Å²) in [6.45, 7) is 6.17. The molecule has 1 aromatic rings. The average molecular weight is 399 g/mol. The molecule has 8 heteroatoms. The minimum atomic E-state index is -1.53. The summed E-state index contributed by atoms with van der Waals surface area (Å²) in [5, 5.41) is 0. The van der Waals surface area contributed by atoms with E-state index in [1.54, 1.807) is 24.3 Å². The van der Waals surface area contributed by atoms with Crippen molar-refractivity contribution in [2.45, 2.75) is 45.7 Å². The van der Waals surface area contributed by atoms with Gasteiger partial charge in [-0.1, -0.05) is 12.1 Å². The van der Waals surface area contributed by atoms with Crippen LogP contribution in [0.25, 0.3) is 0 Å².